The summed E-state index contributed by atoms with van der Waals surface area (Å²) in [5.41, 5.74) is 0. The molecule has 0 spiro atoms. The summed E-state index contributed by atoms with van der Waals surface area (Å²) >= 11 is 10.9. The minimum atomic E-state index is -3.04. The fourth-order valence-corrected chi connectivity index (χ4v) is 4.24. The van der Waals surface area contributed by atoms with Crippen LogP contribution in [-0.2, 0) is 14.6 Å². The van der Waals surface area contributed by atoms with E-state index in [1.807, 2.05) is 19.0 Å². The molecule has 1 rings (SSSR count). The highest BCUT2D eigenvalue weighted by molar-refractivity contribution is 7.91. The largest absolute Gasteiger partial charge is 0.470 e. The van der Waals surface area contributed by atoms with Gasteiger partial charge < -0.3 is 15.0 Å². The number of nitrogens with one attached hydrogen (secondary N) is 1. The highest BCUT2D eigenvalue weighted by atomic mass is 35.5. The summed E-state index contributed by atoms with van der Waals surface area (Å²) in [5.74, 6) is 0.00484. The van der Waals surface area contributed by atoms with Crippen LogP contribution in [0.3, 0.4) is 0 Å². The van der Waals surface area contributed by atoms with E-state index in [1.54, 1.807) is 0 Å². The lowest BCUT2D eigenvalue weighted by Gasteiger charge is -2.17. The lowest BCUT2D eigenvalue weighted by atomic mass is 10.3. The number of thiocarbonyl (C=S) groups is 1. The van der Waals surface area contributed by atoms with Crippen LogP contribution < -0.4 is 5.32 Å². The van der Waals surface area contributed by atoms with Crippen LogP contribution in [0.25, 0.3) is 0 Å². The molecule has 1 aliphatic rings. The van der Waals surface area contributed by atoms with Crippen molar-refractivity contribution < 1.29 is 13.2 Å². The van der Waals surface area contributed by atoms with Crippen LogP contribution >= 0.6 is 23.8 Å². The van der Waals surface area contributed by atoms with Crippen LogP contribution in [0, 0.1) is 0 Å². The second-order valence-electron chi connectivity index (χ2n) is 4.28. The van der Waals surface area contributed by atoms with Crippen LogP contribution in [0.1, 0.15) is 0 Å². The van der Waals surface area contributed by atoms with E-state index in [2.05, 4.69) is 5.32 Å². The Kier molecular flexibility index (Phi) is 5.43. The number of ether oxygens (including phenoxy) is 1. The van der Waals surface area contributed by atoms with E-state index in [0.29, 0.717) is 6.61 Å². The molecule has 5 nitrogen and oxygen atoms in total. The van der Waals surface area contributed by atoms with Gasteiger partial charge in [-0.2, -0.15) is 0 Å². The van der Waals surface area contributed by atoms with E-state index in [4.69, 9.17) is 28.6 Å². The smallest absolute Gasteiger partial charge is 0.256 e. The number of alkyl halides is 1. The predicted molar refractivity (Wildman–Crippen MR) is 72.3 cm³/mol. The number of halogens is 1. The molecule has 0 radical (unpaired) electrons. The number of rotatable bonds is 4. The molecular weight excluding hydrogens is 284 g/mol. The van der Waals surface area contributed by atoms with E-state index < -0.39 is 15.2 Å². The van der Waals surface area contributed by atoms with E-state index in [9.17, 15) is 8.42 Å². The third-order valence-electron chi connectivity index (χ3n) is 2.36. The van der Waals surface area contributed by atoms with Crippen LogP contribution in [0.15, 0.2) is 0 Å². The minimum Gasteiger partial charge on any atom is -0.470 e. The fourth-order valence-electron chi connectivity index (χ4n) is 1.45. The molecule has 1 saturated heterocycles. The Morgan fingerprint density at radius 3 is 2.65 bits per heavy atom. The van der Waals surface area contributed by atoms with Gasteiger partial charge in [-0.15, -0.1) is 11.6 Å². The molecule has 0 amide bonds. The molecule has 1 heterocycles. The molecule has 1 fully saturated rings. The zero-order chi connectivity index (χ0) is 13.1. The molecule has 0 aromatic carbocycles. The van der Waals surface area contributed by atoms with Gasteiger partial charge in [0.2, 0.25) is 0 Å². The van der Waals surface area contributed by atoms with Crippen LogP contribution in [0.4, 0.5) is 0 Å². The lowest BCUT2D eigenvalue weighted by Crippen LogP contribution is -2.41. The molecule has 2 unspecified atom stereocenters. The van der Waals surface area contributed by atoms with Crippen LogP contribution in [0.5, 0.6) is 0 Å². The zero-order valence-corrected chi connectivity index (χ0v) is 12.2. The van der Waals surface area contributed by atoms with Crippen molar-refractivity contribution in [1.29, 1.82) is 0 Å². The van der Waals surface area contributed by atoms with Gasteiger partial charge in [0, 0.05) is 6.54 Å². The Morgan fingerprint density at radius 1 is 1.53 bits per heavy atom. The van der Waals surface area contributed by atoms with E-state index in [1.165, 1.54) is 0 Å². The quantitative estimate of drug-likeness (QED) is 0.575. The number of likely N-dealkylation sites (N-methyl/N-ethyl adjacent to an activating group) is 1. The third kappa shape index (κ3) is 5.37. The first-order valence-corrected chi connectivity index (χ1v) is 7.89. The summed E-state index contributed by atoms with van der Waals surface area (Å²) in [7, 11) is 0.815. The SMILES string of the molecule is CN(C)CCOC(=S)NC1CS(=O)(=O)CC1Cl. The molecule has 0 bridgehead atoms. The summed E-state index contributed by atoms with van der Waals surface area (Å²) in [5, 5.41) is 2.60. The summed E-state index contributed by atoms with van der Waals surface area (Å²) in [4.78, 5) is 1.97. The van der Waals surface area contributed by atoms with Crippen molar-refractivity contribution in [2.75, 3.05) is 38.8 Å². The van der Waals surface area contributed by atoms with Crippen molar-refractivity contribution in [3.63, 3.8) is 0 Å². The van der Waals surface area contributed by atoms with Gasteiger partial charge in [0.05, 0.1) is 22.9 Å². The molecule has 0 saturated carbocycles. The third-order valence-corrected chi connectivity index (χ3v) is 4.97. The molecule has 0 aliphatic carbocycles. The predicted octanol–water partition coefficient (Wildman–Crippen LogP) is -0.156. The van der Waals surface area contributed by atoms with Crippen molar-refractivity contribution in [2.24, 2.45) is 0 Å². The Bertz CT molecular complexity index is 372. The first-order chi connectivity index (χ1) is 7.80. The van der Waals surface area contributed by atoms with Crippen molar-refractivity contribution in [2.45, 2.75) is 11.4 Å². The first-order valence-electron chi connectivity index (χ1n) is 5.22. The van der Waals surface area contributed by atoms with Crippen molar-refractivity contribution in [1.82, 2.24) is 10.2 Å². The van der Waals surface area contributed by atoms with Crippen molar-refractivity contribution in [3.05, 3.63) is 0 Å². The second kappa shape index (κ2) is 6.17. The number of hydrogen-bond donors (Lipinski definition) is 1. The highest BCUT2D eigenvalue weighted by Crippen LogP contribution is 2.17. The molecule has 0 aromatic rings. The van der Waals surface area contributed by atoms with Gasteiger partial charge in [-0.25, -0.2) is 8.42 Å². The Hall–Kier alpha value is -0.110. The van der Waals surface area contributed by atoms with Gasteiger partial charge in [0.25, 0.3) is 5.17 Å². The van der Waals surface area contributed by atoms with Gasteiger partial charge in [-0.1, -0.05) is 0 Å². The molecule has 1 N–H and O–H groups in total. The molecule has 0 aromatic heterocycles. The van der Waals surface area contributed by atoms with Gasteiger partial charge in [-0.05, 0) is 26.3 Å². The zero-order valence-electron chi connectivity index (χ0n) is 9.85. The molecule has 17 heavy (non-hydrogen) atoms. The van der Waals surface area contributed by atoms with Crippen LogP contribution in [0.2, 0.25) is 0 Å². The minimum absolute atomic E-state index is 0.00741. The average molecular weight is 301 g/mol. The maximum Gasteiger partial charge on any atom is 0.256 e. The Labute approximate surface area is 112 Å². The maximum absolute atomic E-state index is 11.3. The lowest BCUT2D eigenvalue weighted by molar-refractivity contribution is 0.246. The topological polar surface area (TPSA) is 58.6 Å². The second-order valence-corrected chi connectivity index (χ2v) is 7.37. The monoisotopic (exact) mass is 300 g/mol. The maximum atomic E-state index is 11.3. The van der Waals surface area contributed by atoms with E-state index >= 15 is 0 Å². The van der Waals surface area contributed by atoms with Crippen molar-refractivity contribution in [3.8, 4) is 0 Å². The van der Waals surface area contributed by atoms with Gasteiger partial charge in [0.15, 0.2) is 9.84 Å². The van der Waals surface area contributed by atoms with Gasteiger partial charge in [-0.3, -0.25) is 0 Å². The Balaban J connectivity index is 2.32. The normalized spacial score (nSPS) is 27.1. The summed E-state index contributed by atoms with van der Waals surface area (Å²) in [6, 6.07) is -0.353. The molecular formula is C9H17ClN2O3S2. The summed E-state index contributed by atoms with van der Waals surface area (Å²) < 4.78 is 27.9. The number of sulfone groups is 1. The molecule has 100 valence electrons. The van der Waals surface area contributed by atoms with E-state index in [-0.39, 0.29) is 22.7 Å². The van der Waals surface area contributed by atoms with Crippen molar-refractivity contribution >= 4 is 38.8 Å². The fraction of sp³-hybridized carbons (Fsp3) is 0.889. The highest BCUT2D eigenvalue weighted by Gasteiger charge is 2.36. The molecule has 8 heteroatoms. The number of nitrogens with zero attached hydrogens (tertiary/aromatic N) is 1. The molecule has 1 aliphatic heterocycles. The van der Waals surface area contributed by atoms with Crippen LogP contribution in [-0.4, -0.2) is 68.7 Å². The summed E-state index contributed by atoms with van der Waals surface area (Å²) in [6.45, 7) is 1.21. The van der Waals surface area contributed by atoms with E-state index in [0.717, 1.165) is 6.54 Å². The Morgan fingerprint density at radius 2 is 2.18 bits per heavy atom. The average Bonchev–Trinajstić information content (AvgIpc) is 2.38. The van der Waals surface area contributed by atoms with Gasteiger partial charge >= 0.3 is 0 Å². The van der Waals surface area contributed by atoms with Gasteiger partial charge in [0.1, 0.15) is 6.61 Å². The summed E-state index contributed by atoms with van der Waals surface area (Å²) in [6.07, 6.45) is 0. The standard InChI is InChI=1S/C9H17ClN2O3S2/c1-12(2)3-4-15-9(16)11-8-6-17(13,14)5-7(8)10/h7-8H,3-6H2,1-2H3,(H,11,16). The first kappa shape index (κ1) is 14.9. The number of hydrogen-bond acceptors (Lipinski definition) is 5. The molecule has 2 atom stereocenters.